The van der Waals surface area contributed by atoms with Gasteiger partial charge in [-0.25, -0.2) is 9.97 Å². The summed E-state index contributed by atoms with van der Waals surface area (Å²) in [5, 5.41) is 15.6. The van der Waals surface area contributed by atoms with Crippen LogP contribution in [0.5, 0.6) is 0 Å². The Morgan fingerprint density at radius 2 is 1.59 bits per heavy atom. The molecule has 0 saturated heterocycles. The molecule has 2 rings (SSSR count). The number of rotatable bonds is 11. The van der Waals surface area contributed by atoms with Crippen LogP contribution in [0, 0.1) is 0 Å². The summed E-state index contributed by atoms with van der Waals surface area (Å²) in [6.07, 6.45) is 6.21. The van der Waals surface area contributed by atoms with Gasteiger partial charge in [0.25, 0.3) is 0 Å². The molecule has 3 amide bonds. The fourth-order valence-corrected chi connectivity index (χ4v) is 2.36. The number of H-pyrrole nitrogens is 2. The molecule has 0 aliphatic rings. The van der Waals surface area contributed by atoms with Gasteiger partial charge in [0.15, 0.2) is 0 Å². The van der Waals surface area contributed by atoms with Gasteiger partial charge in [0.1, 0.15) is 12.6 Å². The van der Waals surface area contributed by atoms with Gasteiger partial charge in [0.2, 0.25) is 17.7 Å². The topological polar surface area (TPSA) is 208 Å². The molecule has 0 aliphatic heterocycles. The van der Waals surface area contributed by atoms with Crippen LogP contribution in [0.2, 0.25) is 0 Å². The van der Waals surface area contributed by atoms with E-state index in [1.165, 1.54) is 25.0 Å². The summed E-state index contributed by atoms with van der Waals surface area (Å²) in [5.74, 6) is -3.08. The highest BCUT2D eigenvalue weighted by atomic mass is 16.4. The van der Waals surface area contributed by atoms with Crippen molar-refractivity contribution in [2.45, 2.75) is 24.9 Å². The summed E-state index contributed by atoms with van der Waals surface area (Å²) < 4.78 is 0. The maximum atomic E-state index is 12.5. The number of aliphatic carboxylic acids is 1. The number of carboxylic acid groups (broad SMARTS) is 1. The van der Waals surface area contributed by atoms with Gasteiger partial charge in [0.05, 0.1) is 25.2 Å². The van der Waals surface area contributed by atoms with Crippen LogP contribution in [0.3, 0.4) is 0 Å². The number of aromatic amines is 2. The Labute approximate surface area is 164 Å². The maximum Gasteiger partial charge on any atom is 0.322 e. The van der Waals surface area contributed by atoms with Crippen LogP contribution in [-0.4, -0.2) is 73.9 Å². The van der Waals surface area contributed by atoms with Crippen molar-refractivity contribution in [2.75, 3.05) is 13.1 Å². The first kappa shape index (κ1) is 21.6. The minimum absolute atomic E-state index is 0.0884. The van der Waals surface area contributed by atoms with E-state index in [1.807, 2.05) is 0 Å². The zero-order chi connectivity index (χ0) is 21.2. The molecule has 0 bridgehead atoms. The lowest BCUT2D eigenvalue weighted by Crippen LogP contribution is -2.54. The Morgan fingerprint density at radius 3 is 2.14 bits per heavy atom. The molecular formula is C16H22N8O5. The molecule has 29 heavy (non-hydrogen) atoms. The maximum absolute atomic E-state index is 12.5. The van der Waals surface area contributed by atoms with E-state index in [0.29, 0.717) is 11.4 Å². The van der Waals surface area contributed by atoms with E-state index < -0.39 is 48.9 Å². The number of nitrogens with one attached hydrogen (secondary N) is 5. The van der Waals surface area contributed by atoms with Crippen LogP contribution >= 0.6 is 0 Å². The number of hydrogen-bond donors (Lipinski definition) is 7. The van der Waals surface area contributed by atoms with Crippen LogP contribution in [0.15, 0.2) is 25.0 Å². The molecule has 0 spiro atoms. The lowest BCUT2D eigenvalue weighted by atomic mass is 10.1. The third kappa shape index (κ3) is 7.42. The molecule has 156 valence electrons. The van der Waals surface area contributed by atoms with Crippen molar-refractivity contribution in [3.05, 3.63) is 36.4 Å². The number of imidazole rings is 2. The molecule has 0 aliphatic carbocycles. The van der Waals surface area contributed by atoms with Crippen molar-refractivity contribution in [2.24, 2.45) is 5.73 Å². The van der Waals surface area contributed by atoms with E-state index in [2.05, 4.69) is 35.9 Å². The number of carbonyl (C=O) groups excluding carboxylic acids is 3. The van der Waals surface area contributed by atoms with Crippen molar-refractivity contribution >= 4 is 23.7 Å². The molecule has 0 saturated carbocycles. The molecule has 2 unspecified atom stereocenters. The van der Waals surface area contributed by atoms with Gasteiger partial charge >= 0.3 is 5.97 Å². The summed E-state index contributed by atoms with van der Waals surface area (Å²) in [6, 6.07) is -1.95. The molecule has 2 aromatic rings. The normalized spacial score (nSPS) is 12.6. The summed E-state index contributed by atoms with van der Waals surface area (Å²) in [7, 11) is 0. The first-order chi connectivity index (χ1) is 13.8. The minimum atomic E-state index is -1.21. The summed E-state index contributed by atoms with van der Waals surface area (Å²) in [5.41, 5.74) is 7.14. The van der Waals surface area contributed by atoms with Crippen LogP contribution in [0.1, 0.15) is 11.4 Å². The number of aromatic nitrogens is 4. The van der Waals surface area contributed by atoms with Gasteiger partial charge in [-0.15, -0.1) is 0 Å². The Bertz CT molecular complexity index is 820. The predicted molar refractivity (Wildman–Crippen MR) is 98.1 cm³/mol. The molecule has 2 atom stereocenters. The first-order valence-electron chi connectivity index (χ1n) is 8.61. The van der Waals surface area contributed by atoms with Crippen molar-refractivity contribution in [1.29, 1.82) is 0 Å². The van der Waals surface area contributed by atoms with Crippen molar-refractivity contribution in [3.63, 3.8) is 0 Å². The number of nitrogens with two attached hydrogens (primary N) is 1. The van der Waals surface area contributed by atoms with Gasteiger partial charge in [-0.3, -0.25) is 19.2 Å². The summed E-state index contributed by atoms with van der Waals surface area (Å²) in [4.78, 5) is 60.3. The molecule has 13 nitrogen and oxygen atoms in total. The molecule has 13 heteroatoms. The fraction of sp³-hybridized carbons (Fsp3) is 0.375. The van der Waals surface area contributed by atoms with E-state index in [9.17, 15) is 19.2 Å². The predicted octanol–water partition coefficient (Wildman–Crippen LogP) is -2.95. The van der Waals surface area contributed by atoms with E-state index in [1.54, 1.807) is 0 Å². The Hall–Kier alpha value is -3.74. The second-order valence-corrected chi connectivity index (χ2v) is 6.12. The first-order valence-corrected chi connectivity index (χ1v) is 8.61. The van der Waals surface area contributed by atoms with E-state index in [4.69, 9.17) is 10.8 Å². The van der Waals surface area contributed by atoms with E-state index in [-0.39, 0.29) is 12.8 Å². The van der Waals surface area contributed by atoms with Gasteiger partial charge < -0.3 is 36.8 Å². The van der Waals surface area contributed by atoms with Crippen molar-refractivity contribution in [3.8, 4) is 0 Å². The number of amides is 3. The van der Waals surface area contributed by atoms with Crippen LogP contribution < -0.4 is 21.7 Å². The molecule has 0 radical (unpaired) electrons. The zero-order valence-corrected chi connectivity index (χ0v) is 15.3. The van der Waals surface area contributed by atoms with Gasteiger partial charge in [-0.2, -0.15) is 0 Å². The Kier molecular flexibility index (Phi) is 7.85. The van der Waals surface area contributed by atoms with Gasteiger partial charge in [-0.1, -0.05) is 0 Å². The van der Waals surface area contributed by atoms with Gasteiger partial charge in [0, 0.05) is 36.6 Å². The van der Waals surface area contributed by atoms with Crippen LogP contribution in [-0.2, 0) is 32.0 Å². The molecular weight excluding hydrogens is 384 g/mol. The molecule has 0 fully saturated rings. The second-order valence-electron chi connectivity index (χ2n) is 6.12. The molecule has 8 N–H and O–H groups in total. The lowest BCUT2D eigenvalue weighted by molar-refractivity contribution is -0.138. The third-order valence-corrected chi connectivity index (χ3v) is 3.80. The average Bonchev–Trinajstić information content (AvgIpc) is 3.37. The van der Waals surface area contributed by atoms with Crippen molar-refractivity contribution in [1.82, 2.24) is 35.9 Å². The summed E-state index contributed by atoms with van der Waals surface area (Å²) >= 11 is 0. The molecule has 0 aromatic carbocycles. The monoisotopic (exact) mass is 406 g/mol. The van der Waals surface area contributed by atoms with Gasteiger partial charge in [-0.05, 0) is 0 Å². The minimum Gasteiger partial charge on any atom is -0.480 e. The average molecular weight is 406 g/mol. The lowest BCUT2D eigenvalue weighted by Gasteiger charge is -2.20. The Balaban J connectivity index is 1.94. The SMILES string of the molecule is NC(Cc1cnc[nH]1)C(=O)NC(Cc1cnc[nH]1)C(=O)NCC(=O)NCC(=O)O. The second kappa shape index (κ2) is 10.6. The number of nitrogens with zero attached hydrogens (tertiary/aromatic N) is 2. The highest BCUT2D eigenvalue weighted by molar-refractivity contribution is 5.92. The highest BCUT2D eigenvalue weighted by Crippen LogP contribution is 2.01. The smallest absolute Gasteiger partial charge is 0.322 e. The Morgan fingerprint density at radius 1 is 0.966 bits per heavy atom. The fourth-order valence-electron chi connectivity index (χ4n) is 2.36. The quantitative estimate of drug-likeness (QED) is 0.205. The largest absolute Gasteiger partial charge is 0.480 e. The molecule has 2 aromatic heterocycles. The van der Waals surface area contributed by atoms with E-state index >= 15 is 0 Å². The zero-order valence-electron chi connectivity index (χ0n) is 15.3. The van der Waals surface area contributed by atoms with E-state index in [0.717, 1.165) is 0 Å². The number of carbonyl (C=O) groups is 4. The summed E-state index contributed by atoms with van der Waals surface area (Å²) in [6.45, 7) is -1.01. The van der Waals surface area contributed by atoms with Crippen molar-refractivity contribution < 1.29 is 24.3 Å². The standard InChI is InChI=1S/C16H22N8O5/c17-11(1-9-3-18-7-22-9)15(28)24-12(2-10-4-19-8-23-10)16(29)21-5-13(25)20-6-14(26)27/h3-4,7-8,11-12H,1-2,5-6,17H2,(H,18,22)(H,19,23)(H,20,25)(H,21,29)(H,24,28)(H,26,27). The number of carboxylic acids is 1. The third-order valence-electron chi connectivity index (χ3n) is 3.80. The molecule has 2 heterocycles. The van der Waals surface area contributed by atoms with Crippen LogP contribution in [0.25, 0.3) is 0 Å². The highest BCUT2D eigenvalue weighted by Gasteiger charge is 2.25. The van der Waals surface area contributed by atoms with Crippen LogP contribution in [0.4, 0.5) is 0 Å². The number of hydrogen-bond acceptors (Lipinski definition) is 7.